The topological polar surface area (TPSA) is 55.2 Å². The van der Waals surface area contributed by atoms with Gasteiger partial charge in [-0.25, -0.2) is 4.98 Å². The van der Waals surface area contributed by atoms with Gasteiger partial charge >= 0.3 is 0 Å². The number of fused-ring (bicyclic) bond motifs is 1. The first-order valence-corrected chi connectivity index (χ1v) is 14.1. The molecule has 1 unspecified atom stereocenters. The van der Waals surface area contributed by atoms with Gasteiger partial charge in [-0.05, 0) is 60.4 Å². The van der Waals surface area contributed by atoms with Crippen molar-refractivity contribution in [1.82, 2.24) is 14.5 Å². The van der Waals surface area contributed by atoms with Crippen molar-refractivity contribution in [1.29, 1.82) is 0 Å². The number of hydrogen-bond acceptors (Lipinski definition) is 3. The first kappa shape index (κ1) is 27.4. The SMILES string of the molecule is CCCN(C(=O)C(c1ccccc1)c1ccccc1)C(CC)c1nc2ccccc2c(=O)n1-c1ccc(Cl)cc1. The highest BCUT2D eigenvalue weighted by atomic mass is 35.5. The number of halogens is 1. The third kappa shape index (κ3) is 5.43. The van der Waals surface area contributed by atoms with Gasteiger partial charge in [-0.1, -0.05) is 98.2 Å². The predicted octanol–water partition coefficient (Wildman–Crippen LogP) is 7.56. The van der Waals surface area contributed by atoms with Crippen molar-refractivity contribution >= 4 is 28.4 Å². The zero-order valence-corrected chi connectivity index (χ0v) is 23.5. The quantitative estimate of drug-likeness (QED) is 0.191. The van der Waals surface area contributed by atoms with E-state index in [1.165, 1.54) is 0 Å². The summed E-state index contributed by atoms with van der Waals surface area (Å²) in [6.07, 6.45) is 1.34. The normalized spacial score (nSPS) is 12.0. The summed E-state index contributed by atoms with van der Waals surface area (Å²) < 4.78 is 1.64. The second-order valence-corrected chi connectivity index (χ2v) is 10.3. The fourth-order valence-corrected chi connectivity index (χ4v) is 5.48. The molecule has 0 fully saturated rings. The number of carbonyl (C=O) groups is 1. The van der Waals surface area contributed by atoms with Crippen molar-refractivity contribution in [3.8, 4) is 5.69 Å². The molecule has 0 aliphatic carbocycles. The summed E-state index contributed by atoms with van der Waals surface area (Å²) in [4.78, 5) is 35.6. The fourth-order valence-electron chi connectivity index (χ4n) is 5.35. The smallest absolute Gasteiger partial charge is 0.266 e. The minimum absolute atomic E-state index is 0.0174. The van der Waals surface area contributed by atoms with Crippen molar-refractivity contribution in [2.24, 2.45) is 0 Å². The van der Waals surface area contributed by atoms with Gasteiger partial charge in [0, 0.05) is 11.6 Å². The molecule has 4 aromatic carbocycles. The number of benzene rings is 4. The van der Waals surface area contributed by atoms with Crippen LogP contribution in [0, 0.1) is 0 Å². The van der Waals surface area contributed by atoms with Gasteiger partial charge in [0.2, 0.25) is 5.91 Å². The maximum Gasteiger partial charge on any atom is 0.266 e. The van der Waals surface area contributed by atoms with Gasteiger partial charge in [0.1, 0.15) is 5.82 Å². The predicted molar refractivity (Wildman–Crippen MR) is 162 cm³/mol. The van der Waals surface area contributed by atoms with E-state index in [1.807, 2.05) is 103 Å². The van der Waals surface area contributed by atoms with Crippen molar-refractivity contribution in [2.45, 2.75) is 38.6 Å². The number of para-hydroxylation sites is 1. The third-order valence-corrected chi connectivity index (χ3v) is 7.46. The van der Waals surface area contributed by atoms with E-state index >= 15 is 0 Å². The fraction of sp³-hybridized carbons (Fsp3) is 0.206. The Kier molecular flexibility index (Phi) is 8.42. The van der Waals surface area contributed by atoms with Crippen LogP contribution in [0.4, 0.5) is 0 Å². The van der Waals surface area contributed by atoms with Crippen LogP contribution in [0.2, 0.25) is 5.02 Å². The minimum Gasteiger partial charge on any atom is -0.332 e. The summed E-state index contributed by atoms with van der Waals surface area (Å²) in [7, 11) is 0. The number of amides is 1. The first-order valence-electron chi connectivity index (χ1n) is 13.7. The van der Waals surface area contributed by atoms with E-state index in [9.17, 15) is 9.59 Å². The molecule has 0 saturated carbocycles. The van der Waals surface area contributed by atoms with E-state index in [-0.39, 0.29) is 11.5 Å². The average molecular weight is 550 g/mol. The molecule has 1 amide bonds. The molecule has 40 heavy (non-hydrogen) atoms. The Balaban J connectivity index is 1.71. The molecular formula is C34H32ClN3O2. The van der Waals surface area contributed by atoms with Crippen LogP contribution >= 0.6 is 11.6 Å². The second-order valence-electron chi connectivity index (χ2n) is 9.81. The maximum absolute atomic E-state index is 14.6. The molecule has 6 heteroatoms. The highest BCUT2D eigenvalue weighted by Gasteiger charge is 2.34. The Labute approximate surface area is 239 Å². The van der Waals surface area contributed by atoms with E-state index in [2.05, 4.69) is 6.92 Å². The van der Waals surface area contributed by atoms with Crippen LogP contribution in [0.5, 0.6) is 0 Å². The van der Waals surface area contributed by atoms with Gasteiger partial charge in [-0.3, -0.25) is 14.2 Å². The van der Waals surface area contributed by atoms with E-state index in [0.29, 0.717) is 40.4 Å². The number of carbonyl (C=O) groups excluding carboxylic acids is 1. The number of aromatic nitrogens is 2. The lowest BCUT2D eigenvalue weighted by Crippen LogP contribution is -2.41. The van der Waals surface area contributed by atoms with E-state index < -0.39 is 12.0 Å². The van der Waals surface area contributed by atoms with Gasteiger partial charge in [0.25, 0.3) is 5.56 Å². The first-order chi connectivity index (χ1) is 19.5. The largest absolute Gasteiger partial charge is 0.332 e. The Morgan fingerprint density at radius 2 is 1.40 bits per heavy atom. The van der Waals surface area contributed by atoms with Crippen molar-refractivity contribution < 1.29 is 4.79 Å². The van der Waals surface area contributed by atoms with E-state index in [4.69, 9.17) is 16.6 Å². The molecule has 0 spiro atoms. The zero-order chi connectivity index (χ0) is 28.1. The second kappa shape index (κ2) is 12.3. The monoisotopic (exact) mass is 549 g/mol. The van der Waals surface area contributed by atoms with Crippen LogP contribution in [0.25, 0.3) is 16.6 Å². The Bertz CT molecular complexity index is 1610. The van der Waals surface area contributed by atoms with Gasteiger partial charge in [0.05, 0.1) is 28.6 Å². The summed E-state index contributed by atoms with van der Waals surface area (Å²) >= 11 is 6.19. The summed E-state index contributed by atoms with van der Waals surface area (Å²) in [5, 5.41) is 1.10. The average Bonchev–Trinajstić information content (AvgIpc) is 2.99. The third-order valence-electron chi connectivity index (χ3n) is 7.21. The summed E-state index contributed by atoms with van der Waals surface area (Å²) in [5.74, 6) is 0.0329. The molecular weight excluding hydrogens is 518 g/mol. The summed E-state index contributed by atoms with van der Waals surface area (Å²) in [5.41, 5.74) is 2.95. The molecule has 0 aliphatic rings. The van der Waals surface area contributed by atoms with Crippen molar-refractivity contribution in [2.75, 3.05) is 6.54 Å². The highest BCUT2D eigenvalue weighted by Crippen LogP contribution is 2.33. The van der Waals surface area contributed by atoms with E-state index in [0.717, 1.165) is 17.5 Å². The number of rotatable bonds is 9. The molecule has 1 atom stereocenters. The molecule has 0 saturated heterocycles. The Morgan fingerprint density at radius 1 is 0.825 bits per heavy atom. The van der Waals surface area contributed by atoms with Gasteiger partial charge in [0.15, 0.2) is 0 Å². The molecule has 1 heterocycles. The van der Waals surface area contributed by atoms with Crippen LogP contribution < -0.4 is 5.56 Å². The lowest BCUT2D eigenvalue weighted by Gasteiger charge is -2.35. The van der Waals surface area contributed by atoms with Crippen LogP contribution in [-0.4, -0.2) is 26.9 Å². The molecule has 0 radical (unpaired) electrons. The maximum atomic E-state index is 14.6. The highest BCUT2D eigenvalue weighted by molar-refractivity contribution is 6.30. The van der Waals surface area contributed by atoms with Crippen molar-refractivity contribution in [3.05, 3.63) is 142 Å². The van der Waals surface area contributed by atoms with Crippen LogP contribution in [0.15, 0.2) is 114 Å². The lowest BCUT2D eigenvalue weighted by atomic mass is 9.89. The van der Waals surface area contributed by atoms with Crippen LogP contribution in [0.3, 0.4) is 0 Å². The summed E-state index contributed by atoms with van der Waals surface area (Å²) in [6, 6.07) is 33.8. The van der Waals surface area contributed by atoms with Crippen LogP contribution in [-0.2, 0) is 4.79 Å². The molecule has 5 rings (SSSR count). The Morgan fingerprint density at radius 3 is 1.98 bits per heavy atom. The van der Waals surface area contributed by atoms with Crippen LogP contribution in [0.1, 0.15) is 55.6 Å². The molecule has 0 N–H and O–H groups in total. The number of nitrogens with zero attached hydrogens (tertiary/aromatic N) is 3. The molecule has 202 valence electrons. The molecule has 0 aliphatic heterocycles. The zero-order valence-electron chi connectivity index (χ0n) is 22.7. The lowest BCUT2D eigenvalue weighted by molar-refractivity contribution is -0.134. The number of hydrogen-bond donors (Lipinski definition) is 0. The Hall–Kier alpha value is -4.22. The molecule has 0 bridgehead atoms. The molecule has 5 aromatic rings. The van der Waals surface area contributed by atoms with Gasteiger partial charge in [-0.15, -0.1) is 0 Å². The van der Waals surface area contributed by atoms with Gasteiger partial charge < -0.3 is 4.90 Å². The summed E-state index contributed by atoms with van der Waals surface area (Å²) in [6.45, 7) is 4.62. The van der Waals surface area contributed by atoms with E-state index in [1.54, 1.807) is 22.8 Å². The molecule has 5 nitrogen and oxygen atoms in total. The van der Waals surface area contributed by atoms with Crippen molar-refractivity contribution in [3.63, 3.8) is 0 Å². The molecule has 1 aromatic heterocycles. The van der Waals surface area contributed by atoms with Gasteiger partial charge in [-0.2, -0.15) is 0 Å². The standard InChI is InChI=1S/C34H32ClN3O2/c1-3-23-37(34(40)31(24-13-7-5-8-14-24)25-15-9-6-10-16-25)30(4-2)32-36-29-18-12-11-17-28(29)33(39)38(32)27-21-19-26(35)20-22-27/h5-22,30-31H,3-4,23H2,1-2H3. The minimum atomic E-state index is -0.487.